The highest BCUT2D eigenvalue weighted by atomic mass is 16.6. The second kappa shape index (κ2) is 56.7. The summed E-state index contributed by atoms with van der Waals surface area (Å²) in [6.07, 6.45) is 62.4. The monoisotopic (exact) mass is 989 g/mol. The first-order chi connectivity index (χ1) is 34.3. The average Bonchev–Trinajstić information content (AvgIpc) is 3.35. The summed E-state index contributed by atoms with van der Waals surface area (Å²) in [5.74, 6) is 0.910. The van der Waals surface area contributed by atoms with Crippen molar-refractivity contribution >= 4 is 17.9 Å². The second-order valence-corrected chi connectivity index (χ2v) is 22.8. The fourth-order valence-electron chi connectivity index (χ4n) is 9.90. The van der Waals surface area contributed by atoms with Gasteiger partial charge in [-0.3, -0.25) is 14.4 Å². The van der Waals surface area contributed by atoms with Crippen LogP contribution >= 0.6 is 0 Å². The van der Waals surface area contributed by atoms with E-state index in [-0.39, 0.29) is 31.1 Å². The summed E-state index contributed by atoms with van der Waals surface area (Å²) in [6.45, 7) is 11.5. The molecule has 0 aromatic heterocycles. The van der Waals surface area contributed by atoms with Crippen LogP contribution in [0.25, 0.3) is 0 Å². The molecule has 0 heterocycles. The van der Waals surface area contributed by atoms with E-state index in [1.165, 1.54) is 250 Å². The Morgan fingerprint density at radius 2 is 0.543 bits per heavy atom. The molecular formula is C64H124O6. The minimum atomic E-state index is -0.763. The highest BCUT2D eigenvalue weighted by molar-refractivity contribution is 5.71. The van der Waals surface area contributed by atoms with Crippen LogP contribution < -0.4 is 0 Å². The van der Waals surface area contributed by atoms with E-state index in [0.29, 0.717) is 19.3 Å². The number of esters is 3. The quantitative estimate of drug-likeness (QED) is 0.0343. The van der Waals surface area contributed by atoms with Crippen LogP contribution in [0.15, 0.2) is 0 Å². The van der Waals surface area contributed by atoms with Gasteiger partial charge in [0.05, 0.1) is 0 Å². The Kier molecular flexibility index (Phi) is 55.4. The van der Waals surface area contributed by atoms with E-state index in [4.69, 9.17) is 14.2 Å². The fourth-order valence-corrected chi connectivity index (χ4v) is 9.90. The molecule has 0 aliphatic rings. The SMILES string of the molecule is CCCCCCCCCCCCCCCCCC(=O)OC[C@H](COC(=O)CCCCCCCCCCCCCCCCCCCCC(C)CC)OC(=O)CCCCCCCCCCCCCCC(C)C. The Morgan fingerprint density at radius 3 is 0.814 bits per heavy atom. The molecule has 0 saturated heterocycles. The van der Waals surface area contributed by atoms with Crippen molar-refractivity contribution in [1.29, 1.82) is 0 Å². The number of hydrogen-bond acceptors (Lipinski definition) is 6. The number of carbonyl (C=O) groups is 3. The van der Waals surface area contributed by atoms with Crippen molar-refractivity contribution in [2.24, 2.45) is 11.8 Å². The number of carbonyl (C=O) groups excluding carboxylic acids is 3. The maximum absolute atomic E-state index is 12.9. The zero-order valence-electron chi connectivity index (χ0n) is 48.2. The summed E-state index contributed by atoms with van der Waals surface area (Å²) in [5, 5.41) is 0. The van der Waals surface area contributed by atoms with E-state index < -0.39 is 6.10 Å². The van der Waals surface area contributed by atoms with Crippen molar-refractivity contribution in [1.82, 2.24) is 0 Å². The first kappa shape index (κ1) is 68.4. The molecule has 6 heteroatoms. The molecule has 0 aromatic carbocycles. The molecule has 0 N–H and O–H groups in total. The minimum Gasteiger partial charge on any atom is -0.462 e. The fraction of sp³-hybridized carbons (Fsp3) is 0.953. The van der Waals surface area contributed by atoms with Crippen molar-refractivity contribution in [2.45, 2.75) is 368 Å². The van der Waals surface area contributed by atoms with Gasteiger partial charge in [0, 0.05) is 19.3 Å². The molecule has 70 heavy (non-hydrogen) atoms. The highest BCUT2D eigenvalue weighted by Crippen LogP contribution is 2.19. The van der Waals surface area contributed by atoms with E-state index in [1.54, 1.807) is 0 Å². The lowest BCUT2D eigenvalue weighted by Crippen LogP contribution is -2.30. The second-order valence-electron chi connectivity index (χ2n) is 22.8. The van der Waals surface area contributed by atoms with Crippen LogP contribution in [0.1, 0.15) is 362 Å². The summed E-state index contributed by atoms with van der Waals surface area (Å²) in [4.78, 5) is 38.3. The lowest BCUT2D eigenvalue weighted by molar-refractivity contribution is -0.167. The van der Waals surface area contributed by atoms with Crippen molar-refractivity contribution < 1.29 is 28.6 Å². The molecular weight excluding hydrogens is 865 g/mol. The maximum Gasteiger partial charge on any atom is 0.306 e. The Hall–Kier alpha value is -1.59. The lowest BCUT2D eigenvalue weighted by atomic mass is 9.99. The van der Waals surface area contributed by atoms with E-state index in [9.17, 15) is 14.4 Å². The van der Waals surface area contributed by atoms with Crippen molar-refractivity contribution in [3.05, 3.63) is 0 Å². The van der Waals surface area contributed by atoms with E-state index in [1.807, 2.05) is 0 Å². The summed E-state index contributed by atoms with van der Waals surface area (Å²) >= 11 is 0. The molecule has 0 bridgehead atoms. The molecule has 0 fully saturated rings. The van der Waals surface area contributed by atoms with Crippen LogP contribution in [-0.2, 0) is 28.6 Å². The zero-order valence-corrected chi connectivity index (χ0v) is 48.2. The highest BCUT2D eigenvalue weighted by Gasteiger charge is 2.19. The molecule has 0 radical (unpaired) electrons. The molecule has 0 amide bonds. The summed E-state index contributed by atoms with van der Waals surface area (Å²) < 4.78 is 16.9. The van der Waals surface area contributed by atoms with Crippen LogP contribution in [0.5, 0.6) is 0 Å². The molecule has 6 nitrogen and oxygen atoms in total. The van der Waals surface area contributed by atoms with Gasteiger partial charge in [-0.05, 0) is 31.1 Å². The van der Waals surface area contributed by atoms with Gasteiger partial charge in [-0.15, -0.1) is 0 Å². The Balaban J connectivity index is 4.25. The minimum absolute atomic E-state index is 0.0620. The zero-order chi connectivity index (χ0) is 51.1. The topological polar surface area (TPSA) is 78.9 Å². The Bertz CT molecular complexity index is 1070. The van der Waals surface area contributed by atoms with E-state index in [2.05, 4.69) is 34.6 Å². The molecule has 0 aliphatic heterocycles. The van der Waals surface area contributed by atoms with Gasteiger partial charge in [0.2, 0.25) is 0 Å². The predicted octanol–water partition coefficient (Wildman–Crippen LogP) is 21.2. The average molecular weight is 990 g/mol. The van der Waals surface area contributed by atoms with Crippen LogP contribution in [0.3, 0.4) is 0 Å². The van der Waals surface area contributed by atoms with Crippen LogP contribution in [-0.4, -0.2) is 37.2 Å². The third-order valence-corrected chi connectivity index (χ3v) is 15.1. The molecule has 0 spiro atoms. The molecule has 1 unspecified atom stereocenters. The van der Waals surface area contributed by atoms with Gasteiger partial charge in [0.25, 0.3) is 0 Å². The smallest absolute Gasteiger partial charge is 0.306 e. The Morgan fingerprint density at radius 1 is 0.300 bits per heavy atom. The van der Waals surface area contributed by atoms with Gasteiger partial charge in [0.1, 0.15) is 13.2 Å². The summed E-state index contributed by atoms with van der Waals surface area (Å²) in [6, 6.07) is 0. The van der Waals surface area contributed by atoms with Crippen molar-refractivity contribution in [3.8, 4) is 0 Å². The first-order valence-electron chi connectivity index (χ1n) is 31.8. The molecule has 0 saturated carbocycles. The Labute approximate surface area is 438 Å². The summed E-state index contributed by atoms with van der Waals surface area (Å²) in [7, 11) is 0. The maximum atomic E-state index is 12.9. The molecule has 0 rings (SSSR count). The molecule has 416 valence electrons. The van der Waals surface area contributed by atoms with Crippen molar-refractivity contribution in [3.63, 3.8) is 0 Å². The number of rotatable bonds is 58. The largest absolute Gasteiger partial charge is 0.462 e. The standard InChI is InChI=1S/C64H124O6/c1-6-8-9-10-11-12-13-14-19-23-29-34-39-44-49-54-62(65)68-57-61(70-64(67)56-51-46-41-36-31-26-25-27-32-37-42-47-52-59(3)4)58-69-63(66)55-50-45-40-35-30-24-21-18-16-15-17-20-22-28-33-38-43-48-53-60(5)7-2/h59-61H,6-58H2,1-5H3/t60?,61-/m1/s1. The van der Waals surface area contributed by atoms with Crippen LogP contribution in [0, 0.1) is 11.8 Å². The van der Waals surface area contributed by atoms with E-state index in [0.717, 1.165) is 69.6 Å². The third kappa shape index (κ3) is 55.7. The van der Waals surface area contributed by atoms with Gasteiger partial charge in [-0.1, -0.05) is 324 Å². The van der Waals surface area contributed by atoms with Gasteiger partial charge >= 0.3 is 17.9 Å². The van der Waals surface area contributed by atoms with Crippen molar-refractivity contribution in [2.75, 3.05) is 13.2 Å². The normalized spacial score (nSPS) is 12.4. The number of unbranched alkanes of at least 4 members (excludes halogenated alkanes) is 42. The predicted molar refractivity (Wildman–Crippen MR) is 303 cm³/mol. The molecule has 2 atom stereocenters. The number of ether oxygens (including phenoxy) is 3. The van der Waals surface area contributed by atoms with Gasteiger partial charge < -0.3 is 14.2 Å². The summed E-state index contributed by atoms with van der Waals surface area (Å²) in [5.41, 5.74) is 0. The van der Waals surface area contributed by atoms with Gasteiger partial charge in [0.15, 0.2) is 6.10 Å². The third-order valence-electron chi connectivity index (χ3n) is 15.1. The first-order valence-corrected chi connectivity index (χ1v) is 31.8. The molecule has 0 aromatic rings. The van der Waals surface area contributed by atoms with Gasteiger partial charge in [-0.25, -0.2) is 0 Å². The van der Waals surface area contributed by atoms with Crippen LogP contribution in [0.2, 0.25) is 0 Å². The lowest BCUT2D eigenvalue weighted by Gasteiger charge is -2.18. The molecule has 0 aliphatic carbocycles. The number of hydrogen-bond donors (Lipinski definition) is 0. The van der Waals surface area contributed by atoms with Gasteiger partial charge in [-0.2, -0.15) is 0 Å². The van der Waals surface area contributed by atoms with Crippen LogP contribution in [0.4, 0.5) is 0 Å². The van der Waals surface area contributed by atoms with E-state index >= 15 is 0 Å².